The molecule has 0 radical (unpaired) electrons. The molecule has 0 spiro atoms. The summed E-state index contributed by atoms with van der Waals surface area (Å²) in [6.07, 6.45) is 3.36. The lowest BCUT2D eigenvalue weighted by Gasteiger charge is -2.36. The zero-order chi connectivity index (χ0) is 31.7. The van der Waals surface area contributed by atoms with E-state index in [1.54, 1.807) is 6.21 Å². The predicted molar refractivity (Wildman–Crippen MR) is 172 cm³/mol. The standard InChI is InChI=1S/C31H46N6O5S/c1-7-34(8-2)31(38)26-13-11-17-35(22-26)29-14-10-9-12-25(29)19-32-33-28-16-15-27(37(39)40)18-30(28)43(41,42)36(20-23(3)4)21-24(5)6/h9-10,12,14-16,18-19,23-24,26,33H,7-8,11,13,17,20-22H2,1-6H3/b32-19-/t26-/m1/s1. The van der Waals surface area contributed by atoms with E-state index >= 15 is 0 Å². The molecule has 0 aliphatic carbocycles. The molecular weight excluding hydrogens is 568 g/mol. The highest BCUT2D eigenvalue weighted by Gasteiger charge is 2.31. The summed E-state index contributed by atoms with van der Waals surface area (Å²) < 4.78 is 29.1. The molecule has 1 aliphatic rings. The molecule has 1 saturated heterocycles. The van der Waals surface area contributed by atoms with Crippen LogP contribution in [0.5, 0.6) is 0 Å². The van der Waals surface area contributed by atoms with E-state index in [9.17, 15) is 23.3 Å². The molecule has 1 amide bonds. The Balaban J connectivity index is 1.91. The first-order valence-electron chi connectivity index (χ1n) is 15.1. The lowest BCUT2D eigenvalue weighted by molar-refractivity contribution is -0.385. The Morgan fingerprint density at radius 2 is 1.77 bits per heavy atom. The normalized spacial score (nSPS) is 15.9. The minimum atomic E-state index is -4.08. The van der Waals surface area contributed by atoms with Gasteiger partial charge in [0.2, 0.25) is 15.9 Å². The van der Waals surface area contributed by atoms with Gasteiger partial charge in [-0.25, -0.2) is 8.42 Å². The maximum absolute atomic E-state index is 13.8. The van der Waals surface area contributed by atoms with Crippen LogP contribution >= 0.6 is 0 Å². The average molecular weight is 615 g/mol. The minimum absolute atomic E-state index is 0.0647. The number of para-hydroxylation sites is 1. The van der Waals surface area contributed by atoms with E-state index in [4.69, 9.17) is 0 Å². The average Bonchev–Trinajstić information content (AvgIpc) is 2.97. The van der Waals surface area contributed by atoms with Crippen LogP contribution in [0, 0.1) is 27.9 Å². The molecule has 12 heteroatoms. The molecule has 1 heterocycles. The third kappa shape index (κ3) is 8.76. The van der Waals surface area contributed by atoms with Crippen LogP contribution < -0.4 is 10.3 Å². The van der Waals surface area contributed by atoms with Crippen molar-refractivity contribution in [2.75, 3.05) is 49.6 Å². The fourth-order valence-corrected chi connectivity index (χ4v) is 7.33. The maximum atomic E-state index is 13.8. The summed E-state index contributed by atoms with van der Waals surface area (Å²) in [6, 6.07) is 11.5. The van der Waals surface area contributed by atoms with Gasteiger partial charge in [-0.05, 0) is 50.7 Å². The predicted octanol–water partition coefficient (Wildman–Crippen LogP) is 5.43. The smallest absolute Gasteiger partial charge is 0.270 e. The second-order valence-corrected chi connectivity index (χ2v) is 13.7. The Bertz CT molecular complexity index is 1380. The third-order valence-electron chi connectivity index (χ3n) is 7.44. The van der Waals surface area contributed by atoms with Crippen molar-refractivity contribution in [2.45, 2.75) is 59.3 Å². The van der Waals surface area contributed by atoms with Gasteiger partial charge in [0, 0.05) is 62.7 Å². The molecule has 11 nitrogen and oxygen atoms in total. The largest absolute Gasteiger partial charge is 0.370 e. The summed E-state index contributed by atoms with van der Waals surface area (Å²) in [5.41, 5.74) is 4.42. The second-order valence-electron chi connectivity index (χ2n) is 11.8. The lowest BCUT2D eigenvalue weighted by atomic mass is 9.95. The van der Waals surface area contributed by atoms with Crippen molar-refractivity contribution in [3.05, 3.63) is 58.1 Å². The zero-order valence-corrected chi connectivity index (χ0v) is 27.0. The first-order valence-corrected chi connectivity index (χ1v) is 16.5. The molecule has 0 bridgehead atoms. The maximum Gasteiger partial charge on any atom is 0.270 e. The van der Waals surface area contributed by atoms with Gasteiger partial charge in [-0.2, -0.15) is 9.41 Å². The van der Waals surface area contributed by atoms with Crippen LogP contribution in [0.4, 0.5) is 17.1 Å². The molecule has 1 fully saturated rings. The quantitative estimate of drug-likeness (QED) is 0.171. The number of hydrogen-bond donors (Lipinski definition) is 1. The van der Waals surface area contributed by atoms with Gasteiger partial charge in [0.15, 0.2) is 0 Å². The number of carbonyl (C=O) groups is 1. The number of non-ortho nitro benzene ring substituents is 1. The van der Waals surface area contributed by atoms with Crippen LogP contribution in [0.25, 0.3) is 0 Å². The van der Waals surface area contributed by atoms with Gasteiger partial charge < -0.3 is 9.80 Å². The third-order valence-corrected chi connectivity index (χ3v) is 9.31. The van der Waals surface area contributed by atoms with Gasteiger partial charge >= 0.3 is 0 Å². The number of piperidine rings is 1. The summed E-state index contributed by atoms with van der Waals surface area (Å²) >= 11 is 0. The Kier molecular flexibility index (Phi) is 12.1. The number of benzene rings is 2. The van der Waals surface area contributed by atoms with E-state index < -0.39 is 14.9 Å². The van der Waals surface area contributed by atoms with Gasteiger partial charge in [-0.15, -0.1) is 0 Å². The summed E-state index contributed by atoms with van der Waals surface area (Å²) in [5.74, 6) is 0.229. The van der Waals surface area contributed by atoms with Crippen molar-refractivity contribution in [3.8, 4) is 0 Å². The van der Waals surface area contributed by atoms with Crippen LogP contribution in [0.2, 0.25) is 0 Å². The van der Waals surface area contributed by atoms with E-state index in [1.807, 2.05) is 70.7 Å². The first-order chi connectivity index (χ1) is 20.4. The van der Waals surface area contributed by atoms with Crippen molar-refractivity contribution < 1.29 is 18.1 Å². The summed E-state index contributed by atoms with van der Waals surface area (Å²) in [7, 11) is -4.08. The molecular formula is C31H46N6O5S. The molecule has 2 aromatic carbocycles. The minimum Gasteiger partial charge on any atom is -0.370 e. The van der Waals surface area contributed by atoms with Crippen molar-refractivity contribution in [1.82, 2.24) is 9.21 Å². The first kappa shape index (κ1) is 34.0. The Morgan fingerprint density at radius 3 is 2.37 bits per heavy atom. The van der Waals surface area contributed by atoms with Gasteiger partial charge in [-0.3, -0.25) is 20.3 Å². The van der Waals surface area contributed by atoms with Gasteiger partial charge in [-0.1, -0.05) is 45.9 Å². The van der Waals surface area contributed by atoms with Crippen LogP contribution in [0.3, 0.4) is 0 Å². The number of anilines is 2. The number of nitrogens with one attached hydrogen (secondary N) is 1. The number of nitro benzene ring substituents is 1. The lowest BCUT2D eigenvalue weighted by Crippen LogP contribution is -2.45. The fraction of sp³-hybridized carbons (Fsp3) is 0.548. The molecule has 0 unspecified atom stereocenters. The topological polar surface area (TPSA) is 128 Å². The Hall–Kier alpha value is -3.51. The monoisotopic (exact) mass is 614 g/mol. The number of hydrazone groups is 1. The highest BCUT2D eigenvalue weighted by molar-refractivity contribution is 7.89. The zero-order valence-electron chi connectivity index (χ0n) is 26.2. The number of amides is 1. The van der Waals surface area contributed by atoms with E-state index in [0.717, 1.165) is 36.7 Å². The van der Waals surface area contributed by atoms with Crippen LogP contribution in [0.15, 0.2) is 52.5 Å². The van der Waals surface area contributed by atoms with Crippen molar-refractivity contribution >= 4 is 39.2 Å². The number of rotatable bonds is 14. The number of sulfonamides is 1. The van der Waals surface area contributed by atoms with Crippen molar-refractivity contribution in [2.24, 2.45) is 22.9 Å². The van der Waals surface area contributed by atoms with Gasteiger partial charge in [0.1, 0.15) is 4.90 Å². The summed E-state index contributed by atoms with van der Waals surface area (Å²) in [6.45, 7) is 15.1. The molecule has 236 valence electrons. The molecule has 2 aromatic rings. The molecule has 1 aliphatic heterocycles. The Morgan fingerprint density at radius 1 is 1.12 bits per heavy atom. The SMILES string of the molecule is CCN(CC)C(=O)[C@@H]1CCCN(c2ccccc2/C=N\Nc2ccc([N+](=O)[O-])cc2S(=O)(=O)N(CC(C)C)CC(C)C)C1. The van der Waals surface area contributed by atoms with Crippen molar-refractivity contribution in [3.63, 3.8) is 0 Å². The number of hydrogen-bond acceptors (Lipinski definition) is 8. The fourth-order valence-electron chi connectivity index (χ4n) is 5.40. The van der Waals surface area contributed by atoms with E-state index in [-0.39, 0.29) is 53.0 Å². The van der Waals surface area contributed by atoms with Gasteiger partial charge in [0.05, 0.1) is 22.7 Å². The summed E-state index contributed by atoms with van der Waals surface area (Å²) in [4.78, 5) is 27.9. The number of nitrogens with zero attached hydrogens (tertiary/aromatic N) is 5. The molecule has 0 aromatic heterocycles. The van der Waals surface area contributed by atoms with Crippen LogP contribution in [0.1, 0.15) is 59.9 Å². The molecule has 3 rings (SSSR count). The highest BCUT2D eigenvalue weighted by atomic mass is 32.2. The molecule has 43 heavy (non-hydrogen) atoms. The molecule has 1 N–H and O–H groups in total. The Labute approximate surface area is 256 Å². The number of carbonyl (C=O) groups excluding carboxylic acids is 1. The van der Waals surface area contributed by atoms with Crippen molar-refractivity contribution in [1.29, 1.82) is 0 Å². The van der Waals surface area contributed by atoms with Crippen LogP contribution in [-0.2, 0) is 14.8 Å². The van der Waals surface area contributed by atoms with E-state index in [2.05, 4.69) is 15.4 Å². The number of nitro groups is 1. The highest BCUT2D eigenvalue weighted by Crippen LogP contribution is 2.31. The summed E-state index contributed by atoms with van der Waals surface area (Å²) in [5, 5.41) is 15.9. The van der Waals surface area contributed by atoms with E-state index in [0.29, 0.717) is 19.6 Å². The van der Waals surface area contributed by atoms with E-state index in [1.165, 1.54) is 16.4 Å². The second kappa shape index (κ2) is 15.3. The van der Waals surface area contributed by atoms with Gasteiger partial charge in [0.25, 0.3) is 5.69 Å². The van der Waals surface area contributed by atoms with Crippen LogP contribution in [-0.4, -0.2) is 73.9 Å². The molecule has 0 saturated carbocycles. The molecule has 1 atom stereocenters.